The maximum absolute atomic E-state index is 13.3. The van der Waals surface area contributed by atoms with E-state index >= 15 is 0 Å². The van der Waals surface area contributed by atoms with Crippen LogP contribution in [0, 0.1) is 20.8 Å². The van der Waals surface area contributed by atoms with Gasteiger partial charge >= 0.3 is 0 Å². The van der Waals surface area contributed by atoms with Crippen LogP contribution in [0.5, 0.6) is 0 Å². The van der Waals surface area contributed by atoms with E-state index in [4.69, 9.17) is 0 Å². The van der Waals surface area contributed by atoms with Crippen LogP contribution in [-0.2, 0) is 16.6 Å². The van der Waals surface area contributed by atoms with Crippen LogP contribution in [0.1, 0.15) is 32.6 Å². The molecule has 0 bridgehead atoms. The molecular weight excluding hydrogens is 460 g/mol. The topological polar surface area (TPSA) is 90.5 Å². The van der Waals surface area contributed by atoms with Gasteiger partial charge in [-0.1, -0.05) is 48.0 Å². The lowest BCUT2D eigenvalue weighted by atomic mass is 10.1. The smallest absolute Gasteiger partial charge is 0.262 e. The number of rotatable bonds is 7. The molecule has 0 aliphatic carbocycles. The van der Waals surface area contributed by atoms with Gasteiger partial charge in [0.25, 0.3) is 15.9 Å². The molecule has 1 heterocycles. The van der Waals surface area contributed by atoms with Gasteiger partial charge in [-0.3, -0.25) is 9.52 Å². The van der Waals surface area contributed by atoms with E-state index in [2.05, 4.69) is 20.3 Å². The first-order valence-electron chi connectivity index (χ1n) is 11.8. The molecule has 1 aliphatic rings. The van der Waals surface area contributed by atoms with Crippen molar-refractivity contribution in [1.29, 1.82) is 0 Å². The van der Waals surface area contributed by atoms with Crippen molar-refractivity contribution < 1.29 is 13.2 Å². The average molecular weight is 493 g/mol. The third-order valence-corrected chi connectivity index (χ3v) is 7.81. The fourth-order valence-corrected chi connectivity index (χ4v) is 6.14. The number of aryl methyl sites for hydroxylation is 3. The molecule has 3 N–H and O–H groups in total. The molecule has 0 saturated carbocycles. The first kappa shape index (κ1) is 24.8. The number of sulfonamides is 1. The highest BCUT2D eigenvalue weighted by Gasteiger charge is 2.23. The Hall–Kier alpha value is -3.36. The summed E-state index contributed by atoms with van der Waals surface area (Å²) < 4.78 is 29.3. The second-order valence-corrected chi connectivity index (χ2v) is 10.6. The Morgan fingerprint density at radius 2 is 1.60 bits per heavy atom. The molecular formula is C27H32N4O3S. The Morgan fingerprint density at radius 3 is 2.26 bits per heavy atom. The molecule has 0 spiro atoms. The fourth-order valence-electron chi connectivity index (χ4n) is 4.63. The summed E-state index contributed by atoms with van der Waals surface area (Å²) >= 11 is 0. The Balaban J connectivity index is 1.65. The third-order valence-electron chi connectivity index (χ3n) is 6.12. The number of anilines is 2. The molecule has 1 aliphatic heterocycles. The average Bonchev–Trinajstić information content (AvgIpc) is 2.82. The van der Waals surface area contributed by atoms with Gasteiger partial charge in [-0.2, -0.15) is 0 Å². The molecule has 1 saturated heterocycles. The maximum Gasteiger partial charge on any atom is 0.262 e. The normalized spacial score (nSPS) is 14.0. The van der Waals surface area contributed by atoms with Crippen molar-refractivity contribution in [2.45, 2.75) is 32.2 Å². The van der Waals surface area contributed by atoms with Gasteiger partial charge in [0.05, 0.1) is 10.5 Å². The summed E-state index contributed by atoms with van der Waals surface area (Å²) in [5.74, 6) is -0.244. The lowest BCUT2D eigenvalue weighted by Gasteiger charge is -2.31. The highest BCUT2D eigenvalue weighted by molar-refractivity contribution is 7.92. The van der Waals surface area contributed by atoms with E-state index < -0.39 is 10.0 Å². The number of hydrogen-bond donors (Lipinski definition) is 3. The van der Waals surface area contributed by atoms with Gasteiger partial charge in [-0.05, 0) is 55.7 Å². The monoisotopic (exact) mass is 492 g/mol. The Morgan fingerprint density at radius 1 is 0.943 bits per heavy atom. The van der Waals surface area contributed by atoms with Gasteiger partial charge in [0.2, 0.25) is 0 Å². The zero-order valence-electron chi connectivity index (χ0n) is 20.4. The molecule has 1 amide bonds. The van der Waals surface area contributed by atoms with Crippen molar-refractivity contribution >= 4 is 27.3 Å². The quantitative estimate of drug-likeness (QED) is 0.467. The van der Waals surface area contributed by atoms with Gasteiger partial charge in [0, 0.05) is 44.1 Å². The van der Waals surface area contributed by atoms with Crippen LogP contribution in [0.25, 0.3) is 0 Å². The maximum atomic E-state index is 13.3. The predicted octanol–water partition coefficient (Wildman–Crippen LogP) is 3.75. The molecule has 7 nitrogen and oxygen atoms in total. The van der Waals surface area contributed by atoms with Crippen molar-refractivity contribution in [2.24, 2.45) is 0 Å². The van der Waals surface area contributed by atoms with E-state index in [1.54, 1.807) is 26.0 Å². The van der Waals surface area contributed by atoms with Crippen molar-refractivity contribution in [3.63, 3.8) is 0 Å². The standard InChI is InChI=1S/C27H32N4O3S/c1-19-15-20(2)26(21(3)16-19)35(33,34)30-23-9-10-25(31-13-11-28-12-14-31)24(17-23)27(32)29-18-22-7-5-4-6-8-22/h4-10,15-17,28,30H,11-14,18H2,1-3H3,(H,29,32). The van der Waals surface area contributed by atoms with Crippen molar-refractivity contribution in [3.8, 4) is 0 Å². The summed E-state index contributed by atoms with van der Waals surface area (Å²) in [6.07, 6.45) is 0. The van der Waals surface area contributed by atoms with Gasteiger partial charge in [0.1, 0.15) is 0 Å². The number of nitrogens with zero attached hydrogens (tertiary/aromatic N) is 1. The molecule has 0 atom stereocenters. The van der Waals surface area contributed by atoms with Crippen molar-refractivity contribution in [2.75, 3.05) is 35.8 Å². The molecule has 4 rings (SSSR count). The summed E-state index contributed by atoms with van der Waals surface area (Å²) in [4.78, 5) is 15.7. The van der Waals surface area contributed by atoms with Crippen molar-refractivity contribution in [1.82, 2.24) is 10.6 Å². The zero-order valence-corrected chi connectivity index (χ0v) is 21.2. The summed E-state index contributed by atoms with van der Waals surface area (Å²) in [6.45, 7) is 9.11. The number of benzene rings is 3. The zero-order chi connectivity index (χ0) is 25.0. The molecule has 35 heavy (non-hydrogen) atoms. The summed E-state index contributed by atoms with van der Waals surface area (Å²) in [7, 11) is -3.83. The molecule has 3 aromatic rings. The lowest BCUT2D eigenvalue weighted by molar-refractivity contribution is 0.0951. The molecule has 184 valence electrons. The number of carbonyl (C=O) groups is 1. The van der Waals surface area contributed by atoms with E-state index in [1.807, 2.05) is 55.5 Å². The van der Waals surface area contributed by atoms with Crippen LogP contribution >= 0.6 is 0 Å². The number of hydrogen-bond acceptors (Lipinski definition) is 5. The Kier molecular flexibility index (Phi) is 7.42. The number of piperazine rings is 1. The predicted molar refractivity (Wildman–Crippen MR) is 141 cm³/mol. The molecule has 0 unspecified atom stereocenters. The summed E-state index contributed by atoms with van der Waals surface area (Å²) in [5, 5.41) is 6.30. The Labute approximate surface area is 207 Å². The van der Waals surface area contributed by atoms with E-state index in [0.717, 1.165) is 43.0 Å². The first-order valence-corrected chi connectivity index (χ1v) is 13.3. The van der Waals surface area contributed by atoms with Crippen LogP contribution in [0.2, 0.25) is 0 Å². The summed E-state index contributed by atoms with van der Waals surface area (Å²) in [5.41, 5.74) is 4.97. The van der Waals surface area contributed by atoms with E-state index in [1.165, 1.54) is 0 Å². The largest absolute Gasteiger partial charge is 0.368 e. The van der Waals surface area contributed by atoms with Crippen LogP contribution in [-0.4, -0.2) is 40.5 Å². The van der Waals surface area contributed by atoms with Crippen LogP contribution in [0.3, 0.4) is 0 Å². The van der Waals surface area contributed by atoms with Crippen LogP contribution < -0.4 is 20.3 Å². The highest BCUT2D eigenvalue weighted by atomic mass is 32.2. The van der Waals surface area contributed by atoms with E-state index in [0.29, 0.717) is 28.9 Å². The molecule has 0 aromatic heterocycles. The van der Waals surface area contributed by atoms with E-state index in [9.17, 15) is 13.2 Å². The molecule has 8 heteroatoms. The van der Waals surface area contributed by atoms with Crippen molar-refractivity contribution in [3.05, 3.63) is 88.5 Å². The Bertz CT molecular complexity index is 1290. The minimum Gasteiger partial charge on any atom is -0.368 e. The highest BCUT2D eigenvalue weighted by Crippen LogP contribution is 2.28. The van der Waals surface area contributed by atoms with Gasteiger partial charge in [-0.25, -0.2) is 8.42 Å². The first-order chi connectivity index (χ1) is 16.7. The summed E-state index contributed by atoms with van der Waals surface area (Å²) in [6, 6.07) is 18.6. The SMILES string of the molecule is Cc1cc(C)c(S(=O)(=O)Nc2ccc(N3CCNCC3)c(C(=O)NCc3ccccc3)c2)c(C)c1. The van der Waals surface area contributed by atoms with Crippen LogP contribution in [0.15, 0.2) is 65.6 Å². The van der Waals surface area contributed by atoms with Gasteiger partial charge < -0.3 is 15.5 Å². The molecule has 0 radical (unpaired) electrons. The van der Waals surface area contributed by atoms with Crippen LogP contribution in [0.4, 0.5) is 11.4 Å². The fraction of sp³-hybridized carbons (Fsp3) is 0.296. The molecule has 3 aromatic carbocycles. The van der Waals surface area contributed by atoms with E-state index in [-0.39, 0.29) is 10.8 Å². The second-order valence-electron chi connectivity index (χ2n) is 8.97. The van der Waals surface area contributed by atoms with Gasteiger partial charge in [0.15, 0.2) is 0 Å². The minimum absolute atomic E-state index is 0.244. The number of amides is 1. The third kappa shape index (κ3) is 5.83. The number of nitrogens with one attached hydrogen (secondary N) is 3. The second kappa shape index (κ2) is 10.5. The minimum atomic E-state index is -3.83. The lowest BCUT2D eigenvalue weighted by Crippen LogP contribution is -2.44. The molecule has 1 fully saturated rings. The number of carbonyl (C=O) groups excluding carboxylic acids is 1. The van der Waals surface area contributed by atoms with Gasteiger partial charge in [-0.15, -0.1) is 0 Å².